The number of pyridine rings is 2. The summed E-state index contributed by atoms with van der Waals surface area (Å²) in [5, 5.41) is 2.79. The fourth-order valence-corrected chi connectivity index (χ4v) is 2.37. The quantitative estimate of drug-likeness (QED) is 0.921. The highest BCUT2D eigenvalue weighted by Crippen LogP contribution is 2.16. The Hall–Kier alpha value is -2.28. The summed E-state index contributed by atoms with van der Waals surface area (Å²) in [5.74, 6) is -0.248. The van der Waals surface area contributed by atoms with E-state index in [1.165, 1.54) is 24.7 Å². The van der Waals surface area contributed by atoms with Gasteiger partial charge in [-0.15, -0.1) is 0 Å². The molecule has 0 saturated carbocycles. The van der Waals surface area contributed by atoms with Crippen LogP contribution in [0.15, 0.2) is 47.9 Å². The first-order valence-corrected chi connectivity index (χ1v) is 8.14. The molecule has 2 aromatic heterocycles. The largest absolute Gasteiger partial charge is 0.346 e. The highest BCUT2D eigenvalue weighted by molar-refractivity contribution is 7.90. The molecule has 7 heteroatoms. The van der Waals surface area contributed by atoms with E-state index >= 15 is 0 Å². The summed E-state index contributed by atoms with van der Waals surface area (Å²) in [6, 6.07) is 6.01. The molecule has 2 heterocycles. The normalized spacial score (nSPS) is 12.7. The zero-order chi connectivity index (χ0) is 15.5. The average molecular weight is 305 g/mol. The van der Waals surface area contributed by atoms with E-state index in [1.807, 2.05) is 0 Å². The molecule has 0 aliphatic carbocycles. The van der Waals surface area contributed by atoms with E-state index < -0.39 is 9.84 Å². The second-order valence-electron chi connectivity index (χ2n) is 4.63. The lowest BCUT2D eigenvalue weighted by Crippen LogP contribution is -2.26. The number of hydrogen-bond acceptors (Lipinski definition) is 5. The van der Waals surface area contributed by atoms with Crippen LogP contribution in [0.4, 0.5) is 0 Å². The van der Waals surface area contributed by atoms with Gasteiger partial charge in [-0.25, -0.2) is 13.4 Å². The van der Waals surface area contributed by atoms with Crippen LogP contribution >= 0.6 is 0 Å². The van der Waals surface area contributed by atoms with Crippen molar-refractivity contribution in [2.24, 2.45) is 0 Å². The maximum atomic E-state index is 12.0. The van der Waals surface area contributed by atoms with Gasteiger partial charge in [0.1, 0.15) is 0 Å². The maximum Gasteiger partial charge on any atom is 0.251 e. The van der Waals surface area contributed by atoms with Crippen LogP contribution in [0, 0.1) is 0 Å². The van der Waals surface area contributed by atoms with Crippen molar-refractivity contribution >= 4 is 15.7 Å². The first-order valence-electron chi connectivity index (χ1n) is 6.25. The molecule has 0 spiro atoms. The number of nitrogens with one attached hydrogen (secondary N) is 1. The number of amides is 1. The smallest absolute Gasteiger partial charge is 0.251 e. The summed E-state index contributed by atoms with van der Waals surface area (Å²) in [6.45, 7) is 1.78. The van der Waals surface area contributed by atoms with Crippen LogP contribution in [0.3, 0.4) is 0 Å². The van der Waals surface area contributed by atoms with Crippen molar-refractivity contribution in [3.8, 4) is 0 Å². The summed E-state index contributed by atoms with van der Waals surface area (Å²) < 4.78 is 23.0. The van der Waals surface area contributed by atoms with Gasteiger partial charge in [-0.2, -0.15) is 0 Å². The molecule has 0 aliphatic rings. The van der Waals surface area contributed by atoms with Gasteiger partial charge in [-0.1, -0.05) is 0 Å². The van der Waals surface area contributed by atoms with Crippen LogP contribution in [0.25, 0.3) is 0 Å². The minimum absolute atomic E-state index is 0.00925. The zero-order valence-electron chi connectivity index (χ0n) is 11.6. The molecule has 6 nitrogen and oxygen atoms in total. The summed E-state index contributed by atoms with van der Waals surface area (Å²) in [7, 11) is -3.37. The van der Waals surface area contributed by atoms with Crippen LogP contribution in [0.5, 0.6) is 0 Å². The molecule has 0 fully saturated rings. The molecule has 0 bridgehead atoms. The highest BCUT2D eigenvalue weighted by Gasteiger charge is 2.15. The van der Waals surface area contributed by atoms with Gasteiger partial charge in [0.25, 0.3) is 5.91 Å². The lowest BCUT2D eigenvalue weighted by atomic mass is 10.1. The van der Waals surface area contributed by atoms with Gasteiger partial charge < -0.3 is 5.32 Å². The Labute approximate surface area is 123 Å². The second kappa shape index (κ2) is 6.01. The molecular weight excluding hydrogens is 290 g/mol. The summed E-state index contributed by atoms with van der Waals surface area (Å²) in [4.78, 5) is 19.7. The molecule has 1 N–H and O–H groups in total. The number of carbonyl (C=O) groups is 1. The van der Waals surface area contributed by atoms with E-state index in [2.05, 4.69) is 15.3 Å². The van der Waals surface area contributed by atoms with Crippen LogP contribution < -0.4 is 5.32 Å². The Morgan fingerprint density at radius 3 is 2.48 bits per heavy atom. The molecule has 1 amide bonds. The lowest BCUT2D eigenvalue weighted by molar-refractivity contribution is 0.0939. The molecule has 110 valence electrons. The molecule has 0 aliphatic heterocycles. The Morgan fingerprint density at radius 2 is 1.86 bits per heavy atom. The third-order valence-corrected chi connectivity index (χ3v) is 3.91. The van der Waals surface area contributed by atoms with Crippen molar-refractivity contribution in [2.75, 3.05) is 6.26 Å². The maximum absolute atomic E-state index is 12.0. The number of sulfone groups is 1. The molecular formula is C14H15N3O3S. The summed E-state index contributed by atoms with van der Waals surface area (Å²) in [6.07, 6.45) is 5.59. The summed E-state index contributed by atoms with van der Waals surface area (Å²) >= 11 is 0. The van der Waals surface area contributed by atoms with Crippen molar-refractivity contribution in [3.63, 3.8) is 0 Å². The second-order valence-corrected chi connectivity index (χ2v) is 6.59. The number of rotatable bonds is 4. The molecule has 0 unspecified atom stereocenters. The van der Waals surface area contributed by atoms with E-state index in [-0.39, 0.29) is 17.0 Å². The zero-order valence-corrected chi connectivity index (χ0v) is 12.5. The molecule has 0 saturated heterocycles. The molecule has 0 radical (unpaired) electrons. The van der Waals surface area contributed by atoms with Crippen LogP contribution in [-0.4, -0.2) is 30.5 Å². The van der Waals surface area contributed by atoms with Crippen LogP contribution in [-0.2, 0) is 9.84 Å². The van der Waals surface area contributed by atoms with Gasteiger partial charge >= 0.3 is 0 Å². The Kier molecular flexibility index (Phi) is 4.32. The highest BCUT2D eigenvalue weighted by atomic mass is 32.2. The minimum Gasteiger partial charge on any atom is -0.346 e. The monoisotopic (exact) mass is 305 g/mol. The van der Waals surface area contributed by atoms with E-state index in [9.17, 15) is 13.2 Å². The minimum atomic E-state index is -3.37. The van der Waals surface area contributed by atoms with Gasteiger partial charge in [0.05, 0.1) is 6.04 Å². The molecule has 2 aromatic rings. The van der Waals surface area contributed by atoms with E-state index in [0.29, 0.717) is 11.1 Å². The first kappa shape index (κ1) is 15.1. The Balaban J connectivity index is 2.18. The van der Waals surface area contributed by atoms with Crippen molar-refractivity contribution < 1.29 is 13.2 Å². The van der Waals surface area contributed by atoms with E-state index in [0.717, 1.165) is 6.26 Å². The SMILES string of the molecule is C[C@H](NC(=O)c1ccncc1)c1ccnc(S(C)(=O)=O)c1. The first-order chi connectivity index (χ1) is 9.88. The molecule has 21 heavy (non-hydrogen) atoms. The molecule has 0 aromatic carbocycles. The fraction of sp³-hybridized carbons (Fsp3) is 0.214. The third kappa shape index (κ3) is 3.85. The van der Waals surface area contributed by atoms with Gasteiger partial charge in [-0.3, -0.25) is 9.78 Å². The predicted octanol–water partition coefficient (Wildman–Crippen LogP) is 1.37. The number of aromatic nitrogens is 2. The number of nitrogens with zero attached hydrogens (tertiary/aromatic N) is 2. The van der Waals surface area contributed by atoms with Crippen molar-refractivity contribution in [1.82, 2.24) is 15.3 Å². The predicted molar refractivity (Wildman–Crippen MR) is 77.5 cm³/mol. The molecule has 1 atom stereocenters. The van der Waals surface area contributed by atoms with Gasteiger partial charge in [-0.05, 0) is 36.8 Å². The van der Waals surface area contributed by atoms with E-state index in [4.69, 9.17) is 0 Å². The van der Waals surface area contributed by atoms with Crippen LogP contribution in [0.1, 0.15) is 28.9 Å². The van der Waals surface area contributed by atoms with Crippen molar-refractivity contribution in [3.05, 3.63) is 54.0 Å². The average Bonchev–Trinajstić information content (AvgIpc) is 2.47. The third-order valence-electron chi connectivity index (χ3n) is 2.93. The fourth-order valence-electron chi connectivity index (χ4n) is 1.76. The standard InChI is InChI=1S/C14H15N3O3S/c1-10(17-14(18)11-3-6-15-7-4-11)12-5-8-16-13(9-12)21(2,19)20/h3-10H,1-2H3,(H,17,18)/t10-/m0/s1. The lowest BCUT2D eigenvalue weighted by Gasteiger charge is -2.14. The van der Waals surface area contributed by atoms with Gasteiger partial charge in [0.15, 0.2) is 14.9 Å². The topological polar surface area (TPSA) is 89.0 Å². The van der Waals surface area contributed by atoms with E-state index in [1.54, 1.807) is 25.1 Å². The van der Waals surface area contributed by atoms with Gasteiger partial charge in [0.2, 0.25) is 0 Å². The Bertz CT molecular complexity index is 745. The van der Waals surface area contributed by atoms with Crippen molar-refractivity contribution in [1.29, 1.82) is 0 Å². The van der Waals surface area contributed by atoms with Crippen molar-refractivity contribution in [2.45, 2.75) is 18.0 Å². The number of carbonyl (C=O) groups excluding carboxylic acids is 1. The number of hydrogen-bond donors (Lipinski definition) is 1. The van der Waals surface area contributed by atoms with Crippen LogP contribution in [0.2, 0.25) is 0 Å². The Morgan fingerprint density at radius 1 is 1.19 bits per heavy atom. The molecule has 2 rings (SSSR count). The summed E-state index contributed by atoms with van der Waals surface area (Å²) in [5.41, 5.74) is 1.17. The van der Waals surface area contributed by atoms with Gasteiger partial charge in [0, 0.05) is 30.4 Å².